The third-order valence-electron chi connectivity index (χ3n) is 5.96. The van der Waals surface area contributed by atoms with Gasteiger partial charge in [-0.2, -0.15) is 0 Å². The number of aliphatic imine (C=N–C) groups is 1. The summed E-state index contributed by atoms with van der Waals surface area (Å²) in [4.78, 5) is 4.93. The SMILES string of the molecule is CCNC(=NCc1cccc(S(=O)(=O)NCCOC)c1)NC1C2CCOC2C1(C)C. The number of methoxy groups -OCH3 is 1. The van der Waals surface area contributed by atoms with Gasteiger partial charge in [-0.15, -0.1) is 0 Å². The van der Waals surface area contributed by atoms with E-state index in [4.69, 9.17) is 14.5 Å². The van der Waals surface area contributed by atoms with Crippen LogP contribution < -0.4 is 15.4 Å². The quantitative estimate of drug-likeness (QED) is 0.307. The van der Waals surface area contributed by atoms with Crippen molar-refractivity contribution < 1.29 is 17.9 Å². The third kappa shape index (κ3) is 4.96. The maximum absolute atomic E-state index is 12.4. The highest BCUT2D eigenvalue weighted by atomic mass is 32.2. The highest BCUT2D eigenvalue weighted by Gasteiger charge is 2.59. The van der Waals surface area contributed by atoms with Gasteiger partial charge < -0.3 is 20.1 Å². The number of guanidine groups is 1. The lowest BCUT2D eigenvalue weighted by Gasteiger charge is -2.54. The number of benzene rings is 1. The molecule has 1 aliphatic heterocycles. The minimum atomic E-state index is -3.57. The summed E-state index contributed by atoms with van der Waals surface area (Å²) in [6, 6.07) is 7.18. The second-order valence-corrected chi connectivity index (χ2v) is 10.2. The van der Waals surface area contributed by atoms with Crippen molar-refractivity contribution in [2.24, 2.45) is 16.3 Å². The van der Waals surface area contributed by atoms with E-state index in [2.05, 4.69) is 29.2 Å². The molecule has 1 saturated heterocycles. The molecule has 1 saturated carbocycles. The Morgan fingerprint density at radius 2 is 2.17 bits per heavy atom. The molecule has 1 aliphatic carbocycles. The van der Waals surface area contributed by atoms with Crippen molar-refractivity contribution in [1.29, 1.82) is 0 Å². The van der Waals surface area contributed by atoms with Crippen molar-refractivity contribution in [1.82, 2.24) is 15.4 Å². The van der Waals surface area contributed by atoms with Crippen molar-refractivity contribution in [3.63, 3.8) is 0 Å². The first-order chi connectivity index (χ1) is 14.3. The van der Waals surface area contributed by atoms with E-state index in [1.54, 1.807) is 18.2 Å². The number of sulfonamides is 1. The fraction of sp³-hybridized carbons (Fsp3) is 0.667. The Hall–Kier alpha value is -1.68. The zero-order valence-electron chi connectivity index (χ0n) is 18.3. The second-order valence-electron chi connectivity index (χ2n) is 8.42. The Morgan fingerprint density at radius 3 is 2.90 bits per heavy atom. The highest BCUT2D eigenvalue weighted by Crippen LogP contribution is 2.52. The van der Waals surface area contributed by atoms with Crippen molar-refractivity contribution in [2.75, 3.05) is 33.4 Å². The number of fused-ring (bicyclic) bond motifs is 1. The zero-order valence-corrected chi connectivity index (χ0v) is 19.1. The summed E-state index contributed by atoms with van der Waals surface area (Å²) in [6.07, 6.45) is 1.38. The molecule has 3 rings (SSSR count). The van der Waals surface area contributed by atoms with E-state index < -0.39 is 10.0 Å². The van der Waals surface area contributed by atoms with Crippen molar-refractivity contribution in [3.8, 4) is 0 Å². The molecule has 0 amide bonds. The molecule has 2 fully saturated rings. The fourth-order valence-electron chi connectivity index (χ4n) is 4.43. The van der Waals surface area contributed by atoms with Crippen LogP contribution in [0.2, 0.25) is 0 Å². The van der Waals surface area contributed by atoms with Gasteiger partial charge in [-0.1, -0.05) is 26.0 Å². The Labute approximate surface area is 179 Å². The average molecular weight is 439 g/mol. The second kappa shape index (κ2) is 9.64. The van der Waals surface area contributed by atoms with Gasteiger partial charge in [-0.3, -0.25) is 0 Å². The molecular weight excluding hydrogens is 404 g/mol. The summed E-state index contributed by atoms with van der Waals surface area (Å²) in [5.41, 5.74) is 0.885. The van der Waals surface area contributed by atoms with Crippen LogP contribution in [0.5, 0.6) is 0 Å². The van der Waals surface area contributed by atoms with E-state index >= 15 is 0 Å². The van der Waals surface area contributed by atoms with Crippen LogP contribution in [-0.2, 0) is 26.0 Å². The van der Waals surface area contributed by atoms with E-state index in [-0.39, 0.29) is 16.9 Å². The Balaban J connectivity index is 1.68. The molecule has 1 heterocycles. The lowest BCUT2D eigenvalue weighted by atomic mass is 9.57. The summed E-state index contributed by atoms with van der Waals surface area (Å²) < 4.78 is 38.2. The predicted molar refractivity (Wildman–Crippen MR) is 117 cm³/mol. The lowest BCUT2D eigenvalue weighted by molar-refractivity contribution is -0.106. The zero-order chi connectivity index (χ0) is 21.8. The van der Waals surface area contributed by atoms with Gasteiger partial charge in [0, 0.05) is 44.2 Å². The van der Waals surface area contributed by atoms with Crippen LogP contribution in [0.4, 0.5) is 0 Å². The molecule has 0 radical (unpaired) electrons. The van der Waals surface area contributed by atoms with Gasteiger partial charge in [0.2, 0.25) is 10.0 Å². The first-order valence-electron chi connectivity index (χ1n) is 10.5. The Morgan fingerprint density at radius 1 is 1.37 bits per heavy atom. The van der Waals surface area contributed by atoms with E-state index in [0.717, 1.165) is 31.1 Å². The van der Waals surface area contributed by atoms with Crippen LogP contribution in [0, 0.1) is 11.3 Å². The Bertz CT molecular complexity index is 856. The average Bonchev–Trinajstić information content (AvgIpc) is 3.17. The molecule has 0 aromatic heterocycles. The summed E-state index contributed by atoms with van der Waals surface area (Å²) in [5, 5.41) is 6.88. The van der Waals surface area contributed by atoms with Gasteiger partial charge in [-0.05, 0) is 31.0 Å². The topological polar surface area (TPSA) is 101 Å². The maximum atomic E-state index is 12.4. The fourth-order valence-corrected chi connectivity index (χ4v) is 5.51. The molecular formula is C21H34N4O4S. The summed E-state index contributed by atoms with van der Waals surface area (Å²) in [5.74, 6) is 1.25. The molecule has 1 aromatic carbocycles. The van der Waals surface area contributed by atoms with Crippen LogP contribution in [0.3, 0.4) is 0 Å². The lowest BCUT2D eigenvalue weighted by Crippen LogP contribution is -2.67. The molecule has 8 nitrogen and oxygen atoms in total. The normalized spacial score (nSPS) is 25.5. The van der Waals surface area contributed by atoms with Crippen LogP contribution in [0.1, 0.15) is 32.8 Å². The third-order valence-corrected chi connectivity index (χ3v) is 7.42. The standard InChI is InChI=1S/C21H34N4O4S/c1-5-22-20(25-18-17-9-11-29-19(17)21(18,2)3)23-14-15-7-6-8-16(13-15)30(26,27)24-10-12-28-4/h6-8,13,17-19,24H,5,9-12,14H2,1-4H3,(H2,22,23,25). The molecule has 1 aromatic rings. The van der Waals surface area contributed by atoms with Gasteiger partial charge in [0.25, 0.3) is 0 Å². The van der Waals surface area contributed by atoms with E-state index in [0.29, 0.717) is 31.2 Å². The molecule has 3 unspecified atom stereocenters. The highest BCUT2D eigenvalue weighted by molar-refractivity contribution is 7.89. The van der Waals surface area contributed by atoms with Crippen LogP contribution in [0.15, 0.2) is 34.2 Å². The van der Waals surface area contributed by atoms with Crippen LogP contribution in [-0.4, -0.2) is 59.9 Å². The number of rotatable bonds is 9. The van der Waals surface area contributed by atoms with Crippen molar-refractivity contribution in [3.05, 3.63) is 29.8 Å². The van der Waals surface area contributed by atoms with Crippen molar-refractivity contribution in [2.45, 2.75) is 50.8 Å². The number of hydrogen-bond donors (Lipinski definition) is 3. The first kappa shape index (κ1) is 23.0. The summed E-state index contributed by atoms with van der Waals surface area (Å²) in [7, 11) is -2.03. The van der Waals surface area contributed by atoms with Gasteiger partial charge in [0.05, 0.1) is 24.2 Å². The van der Waals surface area contributed by atoms with Crippen LogP contribution >= 0.6 is 0 Å². The summed E-state index contributed by atoms with van der Waals surface area (Å²) >= 11 is 0. The monoisotopic (exact) mass is 438 g/mol. The smallest absolute Gasteiger partial charge is 0.240 e. The van der Waals surface area contributed by atoms with Gasteiger partial charge >= 0.3 is 0 Å². The van der Waals surface area contributed by atoms with E-state index in [1.807, 2.05) is 13.0 Å². The van der Waals surface area contributed by atoms with Gasteiger partial charge in [-0.25, -0.2) is 18.1 Å². The Kier molecular flexibility index (Phi) is 7.38. The molecule has 0 bridgehead atoms. The number of ether oxygens (including phenoxy) is 2. The minimum Gasteiger partial charge on any atom is -0.383 e. The number of nitrogens with one attached hydrogen (secondary N) is 3. The molecule has 2 aliphatic rings. The number of nitrogens with zero attached hydrogens (tertiary/aromatic N) is 1. The molecule has 9 heteroatoms. The predicted octanol–water partition coefficient (Wildman–Crippen LogP) is 1.48. The molecule has 30 heavy (non-hydrogen) atoms. The minimum absolute atomic E-state index is 0.0548. The summed E-state index contributed by atoms with van der Waals surface area (Å²) in [6.45, 7) is 9.01. The maximum Gasteiger partial charge on any atom is 0.240 e. The first-order valence-corrected chi connectivity index (χ1v) is 12.0. The van der Waals surface area contributed by atoms with Crippen molar-refractivity contribution >= 4 is 16.0 Å². The molecule has 168 valence electrons. The number of hydrogen-bond acceptors (Lipinski definition) is 5. The molecule has 3 N–H and O–H groups in total. The van der Waals surface area contributed by atoms with Gasteiger partial charge in [0.1, 0.15) is 0 Å². The largest absolute Gasteiger partial charge is 0.383 e. The van der Waals surface area contributed by atoms with Gasteiger partial charge in [0.15, 0.2) is 5.96 Å². The van der Waals surface area contributed by atoms with Crippen LogP contribution in [0.25, 0.3) is 0 Å². The molecule has 3 atom stereocenters. The molecule has 0 spiro atoms. The van der Waals surface area contributed by atoms with E-state index in [1.165, 1.54) is 7.11 Å². The van der Waals surface area contributed by atoms with E-state index in [9.17, 15) is 8.42 Å².